The van der Waals surface area contributed by atoms with Gasteiger partial charge in [-0.05, 0) is 43.2 Å². The van der Waals surface area contributed by atoms with Crippen LogP contribution < -0.4 is 10.0 Å². The Bertz CT molecular complexity index is 808. The summed E-state index contributed by atoms with van der Waals surface area (Å²) in [6.07, 6.45) is 0. The fourth-order valence-electron chi connectivity index (χ4n) is 3.11. The van der Waals surface area contributed by atoms with Crippen LogP contribution >= 0.6 is 0 Å². The highest BCUT2D eigenvalue weighted by Gasteiger charge is 2.24. The molecular weight excluding hydrogens is 316 g/mol. The highest BCUT2D eigenvalue weighted by molar-refractivity contribution is 6.04. The maximum absolute atomic E-state index is 12.7. The summed E-state index contributed by atoms with van der Waals surface area (Å²) in [5.74, 6) is -1.57. The van der Waals surface area contributed by atoms with E-state index in [4.69, 9.17) is 0 Å². The van der Waals surface area contributed by atoms with Gasteiger partial charge in [-0.25, -0.2) is 0 Å². The normalized spacial score (nSPS) is 14.5. The van der Waals surface area contributed by atoms with Gasteiger partial charge in [-0.15, -0.1) is 0 Å². The quantitative estimate of drug-likeness (QED) is 0.854. The SMILES string of the molecule is Cc1ccc(N2CCN(C(=O)c3ccccc3C(=O)[O-])CC2)cc1C. The summed E-state index contributed by atoms with van der Waals surface area (Å²) >= 11 is 0. The van der Waals surface area contributed by atoms with Gasteiger partial charge in [0.05, 0.1) is 5.97 Å². The van der Waals surface area contributed by atoms with Crippen molar-refractivity contribution >= 4 is 17.6 Å². The highest BCUT2D eigenvalue weighted by atomic mass is 16.4. The number of nitrogens with zero attached hydrogens (tertiary/aromatic N) is 2. The smallest absolute Gasteiger partial charge is 0.254 e. The number of aryl methyl sites for hydroxylation is 2. The summed E-state index contributed by atoms with van der Waals surface area (Å²) in [5, 5.41) is 11.2. The predicted octanol–water partition coefficient (Wildman–Crippen LogP) is 1.63. The highest BCUT2D eigenvalue weighted by Crippen LogP contribution is 2.21. The lowest BCUT2D eigenvalue weighted by Crippen LogP contribution is -2.49. The van der Waals surface area contributed by atoms with Gasteiger partial charge < -0.3 is 19.7 Å². The number of hydrogen-bond donors (Lipinski definition) is 0. The Morgan fingerprint density at radius 3 is 2.12 bits per heavy atom. The molecule has 1 fully saturated rings. The van der Waals surface area contributed by atoms with Gasteiger partial charge in [-0.1, -0.05) is 24.3 Å². The van der Waals surface area contributed by atoms with Crippen LogP contribution in [0.5, 0.6) is 0 Å². The number of carboxylic acid groups (broad SMARTS) is 1. The maximum atomic E-state index is 12.7. The van der Waals surface area contributed by atoms with E-state index in [1.165, 1.54) is 17.2 Å². The predicted molar refractivity (Wildman–Crippen MR) is 94.8 cm³/mol. The van der Waals surface area contributed by atoms with Gasteiger partial charge in [0.1, 0.15) is 0 Å². The van der Waals surface area contributed by atoms with Crippen molar-refractivity contribution in [3.8, 4) is 0 Å². The Hall–Kier alpha value is -2.82. The van der Waals surface area contributed by atoms with Crippen LogP contribution in [0, 0.1) is 13.8 Å². The molecule has 5 heteroatoms. The van der Waals surface area contributed by atoms with Crippen molar-refractivity contribution in [2.45, 2.75) is 13.8 Å². The van der Waals surface area contributed by atoms with Gasteiger partial charge >= 0.3 is 0 Å². The number of carbonyl (C=O) groups is 2. The van der Waals surface area contributed by atoms with Gasteiger partial charge in [-0.2, -0.15) is 0 Å². The van der Waals surface area contributed by atoms with Crippen LogP contribution in [0.15, 0.2) is 42.5 Å². The molecule has 0 radical (unpaired) electrons. The van der Waals surface area contributed by atoms with Gasteiger partial charge in [-0.3, -0.25) is 4.79 Å². The molecule has 1 saturated heterocycles. The number of anilines is 1. The number of benzene rings is 2. The molecule has 0 unspecified atom stereocenters. The van der Waals surface area contributed by atoms with Crippen molar-refractivity contribution in [3.05, 3.63) is 64.7 Å². The van der Waals surface area contributed by atoms with Crippen LogP contribution in [0.1, 0.15) is 31.8 Å². The van der Waals surface area contributed by atoms with Crippen molar-refractivity contribution in [1.82, 2.24) is 4.90 Å². The first-order valence-corrected chi connectivity index (χ1v) is 8.39. The Morgan fingerprint density at radius 2 is 1.52 bits per heavy atom. The molecule has 1 heterocycles. The molecule has 1 amide bonds. The number of piperazine rings is 1. The van der Waals surface area contributed by atoms with Gasteiger partial charge in [0.25, 0.3) is 5.91 Å². The third-order valence-electron chi connectivity index (χ3n) is 4.80. The first-order valence-electron chi connectivity index (χ1n) is 8.39. The number of aromatic carboxylic acids is 1. The Kier molecular flexibility index (Phi) is 4.74. The lowest BCUT2D eigenvalue weighted by molar-refractivity contribution is -0.255. The van der Waals surface area contributed by atoms with E-state index in [1.54, 1.807) is 23.1 Å². The second-order valence-corrected chi connectivity index (χ2v) is 6.38. The summed E-state index contributed by atoms with van der Waals surface area (Å²) in [6.45, 7) is 6.75. The minimum Gasteiger partial charge on any atom is -0.545 e. The van der Waals surface area contributed by atoms with Gasteiger partial charge in [0.15, 0.2) is 0 Å². The molecule has 0 N–H and O–H groups in total. The molecule has 0 saturated carbocycles. The summed E-state index contributed by atoms with van der Waals surface area (Å²) < 4.78 is 0. The van der Waals surface area contributed by atoms with Crippen molar-refractivity contribution in [1.29, 1.82) is 0 Å². The van der Waals surface area contributed by atoms with E-state index in [0.717, 1.165) is 18.8 Å². The number of carbonyl (C=O) groups excluding carboxylic acids is 2. The van der Waals surface area contributed by atoms with Crippen LogP contribution in [0.2, 0.25) is 0 Å². The van der Waals surface area contributed by atoms with E-state index in [-0.39, 0.29) is 17.0 Å². The molecule has 3 rings (SSSR count). The largest absolute Gasteiger partial charge is 0.545 e. The van der Waals surface area contributed by atoms with E-state index < -0.39 is 5.97 Å². The van der Waals surface area contributed by atoms with Crippen molar-refractivity contribution in [2.75, 3.05) is 31.1 Å². The zero-order valence-corrected chi connectivity index (χ0v) is 14.5. The molecule has 0 aromatic heterocycles. The first-order chi connectivity index (χ1) is 12.0. The molecule has 130 valence electrons. The minimum absolute atomic E-state index is 0.0518. The average molecular weight is 337 g/mol. The minimum atomic E-state index is -1.32. The maximum Gasteiger partial charge on any atom is 0.254 e. The lowest BCUT2D eigenvalue weighted by atomic mass is 10.1. The molecule has 0 spiro atoms. The Balaban J connectivity index is 1.71. The van der Waals surface area contributed by atoms with Gasteiger partial charge in [0.2, 0.25) is 0 Å². The fraction of sp³-hybridized carbons (Fsp3) is 0.300. The van der Waals surface area contributed by atoms with Crippen LogP contribution in [0.4, 0.5) is 5.69 Å². The third-order valence-corrected chi connectivity index (χ3v) is 4.80. The summed E-state index contributed by atoms with van der Waals surface area (Å²) in [7, 11) is 0. The van der Waals surface area contributed by atoms with E-state index in [2.05, 4.69) is 36.9 Å². The van der Waals surface area contributed by atoms with E-state index in [9.17, 15) is 14.7 Å². The lowest BCUT2D eigenvalue weighted by Gasteiger charge is -2.36. The molecule has 0 aliphatic carbocycles. The molecule has 5 nitrogen and oxygen atoms in total. The van der Waals surface area contributed by atoms with Crippen LogP contribution in [0.3, 0.4) is 0 Å². The monoisotopic (exact) mass is 337 g/mol. The number of carboxylic acids is 1. The molecule has 0 bridgehead atoms. The molecule has 1 aliphatic rings. The van der Waals surface area contributed by atoms with Crippen LogP contribution in [0.25, 0.3) is 0 Å². The standard InChI is InChI=1S/C20H22N2O3/c1-14-7-8-16(13-15(14)2)21-9-11-22(12-10-21)19(23)17-5-3-4-6-18(17)20(24)25/h3-8,13H,9-12H2,1-2H3,(H,24,25)/p-1. The molecular formula is C20H21N2O3-. The Morgan fingerprint density at radius 1 is 0.880 bits per heavy atom. The molecule has 25 heavy (non-hydrogen) atoms. The van der Waals surface area contributed by atoms with E-state index in [1.807, 2.05) is 0 Å². The summed E-state index contributed by atoms with van der Waals surface area (Å²) in [6, 6.07) is 12.6. The molecule has 1 aliphatic heterocycles. The average Bonchev–Trinajstić information content (AvgIpc) is 2.63. The van der Waals surface area contributed by atoms with Gasteiger partial charge in [0, 0.05) is 43.0 Å². The zero-order valence-electron chi connectivity index (χ0n) is 14.5. The molecule has 0 atom stereocenters. The van der Waals surface area contributed by atoms with Crippen molar-refractivity contribution in [3.63, 3.8) is 0 Å². The number of amides is 1. The second kappa shape index (κ2) is 6.97. The van der Waals surface area contributed by atoms with Crippen molar-refractivity contribution < 1.29 is 14.7 Å². The summed E-state index contributed by atoms with van der Waals surface area (Å²) in [4.78, 5) is 27.9. The third kappa shape index (κ3) is 3.50. The summed E-state index contributed by atoms with van der Waals surface area (Å²) in [5.41, 5.74) is 3.81. The molecule has 2 aromatic rings. The van der Waals surface area contributed by atoms with E-state index in [0.29, 0.717) is 13.1 Å². The van der Waals surface area contributed by atoms with Crippen LogP contribution in [-0.2, 0) is 0 Å². The topological polar surface area (TPSA) is 63.7 Å². The van der Waals surface area contributed by atoms with Crippen LogP contribution in [-0.4, -0.2) is 43.0 Å². The number of hydrogen-bond acceptors (Lipinski definition) is 4. The Labute approximate surface area is 147 Å². The second-order valence-electron chi connectivity index (χ2n) is 6.38. The number of rotatable bonds is 3. The molecule has 2 aromatic carbocycles. The fourth-order valence-corrected chi connectivity index (χ4v) is 3.11. The first kappa shape index (κ1) is 17.0. The van der Waals surface area contributed by atoms with E-state index >= 15 is 0 Å². The zero-order chi connectivity index (χ0) is 18.0. The van der Waals surface area contributed by atoms with Crippen molar-refractivity contribution in [2.24, 2.45) is 0 Å².